The van der Waals surface area contributed by atoms with E-state index in [0.29, 0.717) is 22.0 Å². The molecule has 0 aliphatic rings. The summed E-state index contributed by atoms with van der Waals surface area (Å²) in [5.41, 5.74) is 2.23. The average Bonchev–Trinajstić information content (AvgIpc) is 3.17. The number of carbonyl (C=O) groups excluding carboxylic acids is 1. The standard InChI is InChI=1S/C21H16N2O4S/c1-26-18-10-6-5-9-16(18)20(25)27-12-15-11-19(24)23-17(13-28-21(23)22-15)14-7-3-2-4-8-14/h2-11,13H,12H2,1H3. The first-order chi connectivity index (χ1) is 13.7. The van der Waals surface area contributed by atoms with E-state index in [4.69, 9.17) is 9.47 Å². The van der Waals surface area contributed by atoms with Crippen molar-refractivity contribution in [2.24, 2.45) is 0 Å². The quantitative estimate of drug-likeness (QED) is 0.483. The molecular weight excluding hydrogens is 376 g/mol. The molecule has 7 heteroatoms. The van der Waals surface area contributed by atoms with Crippen molar-refractivity contribution < 1.29 is 14.3 Å². The lowest BCUT2D eigenvalue weighted by Crippen LogP contribution is -2.16. The third-order valence-electron chi connectivity index (χ3n) is 4.21. The molecule has 2 aromatic carbocycles. The van der Waals surface area contributed by atoms with Gasteiger partial charge in [-0.3, -0.25) is 9.20 Å². The van der Waals surface area contributed by atoms with Gasteiger partial charge in [-0.1, -0.05) is 42.5 Å². The Labute approximate surface area is 164 Å². The number of benzene rings is 2. The van der Waals surface area contributed by atoms with Crippen LogP contribution in [0, 0.1) is 0 Å². The number of aromatic nitrogens is 2. The molecule has 0 unspecified atom stereocenters. The Hall–Kier alpha value is -3.45. The molecule has 0 spiro atoms. The second-order valence-corrected chi connectivity index (χ2v) is 6.80. The van der Waals surface area contributed by atoms with Gasteiger partial charge in [0.1, 0.15) is 17.9 Å². The van der Waals surface area contributed by atoms with Gasteiger partial charge in [-0.05, 0) is 17.7 Å². The Kier molecular flexibility index (Phi) is 4.90. The molecule has 0 aliphatic heterocycles. The molecule has 0 bridgehead atoms. The molecule has 0 N–H and O–H groups in total. The van der Waals surface area contributed by atoms with Crippen LogP contribution in [0.5, 0.6) is 5.75 Å². The van der Waals surface area contributed by atoms with Crippen LogP contribution in [0.4, 0.5) is 0 Å². The Bertz CT molecular complexity index is 1200. The average molecular weight is 392 g/mol. The van der Waals surface area contributed by atoms with E-state index in [9.17, 15) is 9.59 Å². The van der Waals surface area contributed by atoms with Crippen molar-refractivity contribution in [1.82, 2.24) is 9.38 Å². The molecule has 6 nitrogen and oxygen atoms in total. The van der Waals surface area contributed by atoms with Crippen LogP contribution in [0.1, 0.15) is 16.1 Å². The van der Waals surface area contributed by atoms with Crippen LogP contribution in [0.2, 0.25) is 0 Å². The summed E-state index contributed by atoms with van der Waals surface area (Å²) in [6.07, 6.45) is 0. The summed E-state index contributed by atoms with van der Waals surface area (Å²) in [5.74, 6) is -0.0997. The Morgan fingerprint density at radius 1 is 1.11 bits per heavy atom. The van der Waals surface area contributed by atoms with Gasteiger partial charge >= 0.3 is 5.97 Å². The molecule has 0 atom stereocenters. The molecule has 28 heavy (non-hydrogen) atoms. The second kappa shape index (κ2) is 7.66. The molecule has 0 saturated carbocycles. The Morgan fingerprint density at radius 2 is 1.86 bits per heavy atom. The van der Waals surface area contributed by atoms with Crippen LogP contribution in [0.15, 0.2) is 70.8 Å². The number of esters is 1. The molecule has 0 fully saturated rings. The molecule has 140 valence electrons. The van der Waals surface area contributed by atoms with Gasteiger partial charge in [-0.25, -0.2) is 9.78 Å². The minimum atomic E-state index is -0.532. The summed E-state index contributed by atoms with van der Waals surface area (Å²) in [6, 6.07) is 17.8. The maximum Gasteiger partial charge on any atom is 0.342 e. The van der Waals surface area contributed by atoms with Gasteiger partial charge in [0.15, 0.2) is 4.96 Å². The summed E-state index contributed by atoms with van der Waals surface area (Å²) in [4.78, 5) is 30.0. The molecule has 2 heterocycles. The summed E-state index contributed by atoms with van der Waals surface area (Å²) in [7, 11) is 1.49. The zero-order valence-electron chi connectivity index (χ0n) is 15.0. The van der Waals surface area contributed by atoms with Gasteiger partial charge in [-0.15, -0.1) is 11.3 Å². The van der Waals surface area contributed by atoms with E-state index in [1.165, 1.54) is 24.5 Å². The third kappa shape index (κ3) is 3.39. The van der Waals surface area contributed by atoms with E-state index in [1.54, 1.807) is 28.7 Å². The molecule has 0 saturated heterocycles. The number of carbonyl (C=O) groups is 1. The highest BCUT2D eigenvalue weighted by Crippen LogP contribution is 2.24. The van der Waals surface area contributed by atoms with Crippen LogP contribution >= 0.6 is 11.3 Å². The lowest BCUT2D eigenvalue weighted by Gasteiger charge is -2.08. The monoisotopic (exact) mass is 392 g/mol. The minimum Gasteiger partial charge on any atom is -0.496 e. The molecule has 0 amide bonds. The highest BCUT2D eigenvalue weighted by Gasteiger charge is 2.15. The van der Waals surface area contributed by atoms with Crippen LogP contribution in [-0.2, 0) is 11.3 Å². The number of rotatable bonds is 5. The fraction of sp³-hybridized carbons (Fsp3) is 0.0952. The van der Waals surface area contributed by atoms with Crippen LogP contribution < -0.4 is 10.3 Å². The van der Waals surface area contributed by atoms with Crippen molar-refractivity contribution in [3.05, 3.63) is 87.7 Å². The van der Waals surface area contributed by atoms with Gasteiger partial charge in [0, 0.05) is 11.4 Å². The second-order valence-electron chi connectivity index (χ2n) is 5.97. The first-order valence-corrected chi connectivity index (χ1v) is 9.41. The molecule has 4 rings (SSSR count). The number of para-hydroxylation sites is 1. The van der Waals surface area contributed by atoms with Crippen molar-refractivity contribution in [2.75, 3.05) is 7.11 Å². The topological polar surface area (TPSA) is 69.9 Å². The highest BCUT2D eigenvalue weighted by atomic mass is 32.1. The first kappa shape index (κ1) is 17.9. The third-order valence-corrected chi connectivity index (χ3v) is 5.03. The zero-order valence-corrected chi connectivity index (χ0v) is 15.8. The lowest BCUT2D eigenvalue weighted by molar-refractivity contribution is 0.0464. The maximum atomic E-state index is 12.6. The van der Waals surface area contributed by atoms with Crippen LogP contribution in [-0.4, -0.2) is 22.5 Å². The maximum absolute atomic E-state index is 12.6. The van der Waals surface area contributed by atoms with Gasteiger partial charge in [0.2, 0.25) is 0 Å². The van der Waals surface area contributed by atoms with Crippen molar-refractivity contribution >= 4 is 22.3 Å². The van der Waals surface area contributed by atoms with Gasteiger partial charge < -0.3 is 9.47 Å². The largest absolute Gasteiger partial charge is 0.496 e. The number of methoxy groups -OCH3 is 1. The van der Waals surface area contributed by atoms with Gasteiger partial charge in [0.25, 0.3) is 5.56 Å². The SMILES string of the molecule is COc1ccccc1C(=O)OCc1cc(=O)n2c(-c3ccccc3)csc2n1. The Balaban J connectivity index is 1.59. The minimum absolute atomic E-state index is 0.0960. The van der Waals surface area contributed by atoms with E-state index in [0.717, 1.165) is 11.3 Å². The van der Waals surface area contributed by atoms with Crippen molar-refractivity contribution in [3.63, 3.8) is 0 Å². The van der Waals surface area contributed by atoms with Crippen LogP contribution in [0.25, 0.3) is 16.2 Å². The van der Waals surface area contributed by atoms with Gasteiger partial charge in [-0.2, -0.15) is 0 Å². The van der Waals surface area contributed by atoms with E-state index in [1.807, 2.05) is 35.7 Å². The first-order valence-electron chi connectivity index (χ1n) is 8.53. The van der Waals surface area contributed by atoms with Crippen molar-refractivity contribution in [3.8, 4) is 17.0 Å². The smallest absolute Gasteiger partial charge is 0.342 e. The van der Waals surface area contributed by atoms with Gasteiger partial charge in [0.05, 0.1) is 18.5 Å². The van der Waals surface area contributed by atoms with E-state index < -0.39 is 5.97 Å². The summed E-state index contributed by atoms with van der Waals surface area (Å²) in [5, 5.41) is 1.89. The molecule has 4 aromatic rings. The van der Waals surface area contributed by atoms with Crippen LogP contribution in [0.3, 0.4) is 0 Å². The zero-order chi connectivity index (χ0) is 19.5. The summed E-state index contributed by atoms with van der Waals surface area (Å²) < 4.78 is 12.1. The number of nitrogens with zero attached hydrogens (tertiary/aromatic N) is 2. The number of ether oxygens (including phenoxy) is 2. The molecule has 2 aromatic heterocycles. The molecular formula is C21H16N2O4S. The summed E-state index contributed by atoms with van der Waals surface area (Å²) >= 11 is 1.37. The number of hydrogen-bond donors (Lipinski definition) is 0. The normalized spacial score (nSPS) is 10.8. The fourth-order valence-corrected chi connectivity index (χ4v) is 3.80. The van der Waals surface area contributed by atoms with E-state index >= 15 is 0 Å². The lowest BCUT2D eigenvalue weighted by atomic mass is 10.2. The molecule has 0 radical (unpaired) electrons. The number of fused-ring (bicyclic) bond motifs is 1. The van der Waals surface area contributed by atoms with E-state index in [2.05, 4.69) is 4.98 Å². The van der Waals surface area contributed by atoms with Crippen molar-refractivity contribution in [2.45, 2.75) is 6.61 Å². The number of hydrogen-bond acceptors (Lipinski definition) is 6. The van der Waals surface area contributed by atoms with E-state index in [-0.39, 0.29) is 12.2 Å². The molecule has 0 aliphatic carbocycles. The predicted molar refractivity (Wildman–Crippen MR) is 107 cm³/mol. The fourth-order valence-electron chi connectivity index (χ4n) is 2.88. The summed E-state index contributed by atoms with van der Waals surface area (Å²) in [6.45, 7) is -0.0960. The van der Waals surface area contributed by atoms with Crippen molar-refractivity contribution in [1.29, 1.82) is 0 Å². The number of thiazole rings is 1. The highest BCUT2D eigenvalue weighted by molar-refractivity contribution is 7.15. The Morgan fingerprint density at radius 3 is 2.64 bits per heavy atom. The predicted octanol–water partition coefficient (Wildman–Crippen LogP) is 3.79.